The number of aliphatic imine (C=N–C) groups is 3. The molecule has 0 spiro atoms. The fourth-order valence-corrected chi connectivity index (χ4v) is 12.3. The zero-order valence-electron chi connectivity index (χ0n) is 68.4. The zero-order valence-corrected chi connectivity index (χ0v) is 68.4. The summed E-state index contributed by atoms with van der Waals surface area (Å²) < 4.78 is 4.54. The molecule has 0 aliphatic rings. The molecule has 27 N–H and O–H groups in total. The van der Waals surface area contributed by atoms with Crippen LogP contribution >= 0.6 is 0 Å². The van der Waals surface area contributed by atoms with Crippen LogP contribution in [0.1, 0.15) is 129 Å². The molecule has 41 nitrogen and oxygen atoms in total. The monoisotopic (exact) mass is 1720 g/mol. The molecule has 3 aromatic heterocycles. The van der Waals surface area contributed by atoms with Crippen LogP contribution in [0.3, 0.4) is 0 Å². The summed E-state index contributed by atoms with van der Waals surface area (Å²) in [6.45, 7) is 3.44. The van der Waals surface area contributed by atoms with Crippen molar-refractivity contribution in [2.45, 2.75) is 121 Å². The summed E-state index contributed by atoms with van der Waals surface area (Å²) >= 11 is 0. The SMILES string of the molecule is CC(=O)NC(CCC(=O)O)C(=O)Nc1c(C(=O)NC(CCCN=C(N)N)C(N)=O)nn(-c2ccccc2)c1-c1ccccc1.CC(=O)NC(CCCN=C(N)N)C(=O)Nc1c(C(=O)NC(CCC(=O)O)C(N)=O)nn(-c2ccccc2)c1-c1ccccc1.NC(N)=NCCCCC(=O)Nc1c(C(=O)NCCCC(=O)O)nn(-c2ccccc2)c1-c1ccccc1. The van der Waals surface area contributed by atoms with E-state index in [4.69, 9.17) is 56.1 Å². The van der Waals surface area contributed by atoms with Gasteiger partial charge in [-0.2, -0.15) is 15.3 Å². The molecule has 0 fully saturated rings. The van der Waals surface area contributed by atoms with Crippen molar-refractivity contribution in [3.05, 3.63) is 199 Å². The minimum atomic E-state index is -1.33. The second kappa shape index (κ2) is 48.8. The van der Waals surface area contributed by atoms with Gasteiger partial charge in [-0.1, -0.05) is 146 Å². The number of nitrogens with one attached hydrogen (secondary N) is 8. The fourth-order valence-electron chi connectivity index (χ4n) is 12.3. The molecule has 125 heavy (non-hydrogen) atoms. The molecule has 6 aromatic carbocycles. The molecular formula is C84H101N25O16. The Bertz CT molecular complexity index is 5270. The Kier molecular flexibility index (Phi) is 37.5. The van der Waals surface area contributed by atoms with E-state index in [0.29, 0.717) is 77.5 Å². The average Bonchev–Trinajstić information content (AvgIpc) is 1.63. The van der Waals surface area contributed by atoms with Gasteiger partial charge in [0.05, 0.1) is 34.1 Å². The van der Waals surface area contributed by atoms with Crippen LogP contribution in [-0.2, 0) is 47.9 Å². The van der Waals surface area contributed by atoms with Crippen molar-refractivity contribution in [2.24, 2.45) is 60.8 Å². The Morgan fingerprint density at radius 1 is 0.344 bits per heavy atom. The maximum absolute atomic E-state index is 13.7. The Labute approximate surface area is 716 Å². The third-order valence-corrected chi connectivity index (χ3v) is 18.0. The number of nitrogens with two attached hydrogens (primary N) is 8. The number of primary amides is 2. The van der Waals surface area contributed by atoms with Crippen molar-refractivity contribution in [2.75, 3.05) is 42.1 Å². The third-order valence-electron chi connectivity index (χ3n) is 18.0. The molecule has 9 aromatic rings. The van der Waals surface area contributed by atoms with E-state index in [2.05, 4.69) is 72.8 Å². The molecule has 0 aliphatic heterocycles. The minimum Gasteiger partial charge on any atom is -0.481 e. The highest BCUT2D eigenvalue weighted by Crippen LogP contribution is 2.38. The molecule has 0 saturated heterocycles. The van der Waals surface area contributed by atoms with E-state index in [1.807, 2.05) is 60.7 Å². The van der Waals surface area contributed by atoms with Gasteiger partial charge in [0.15, 0.2) is 35.0 Å². The number of nitrogens with zero attached hydrogens (tertiary/aromatic N) is 9. The van der Waals surface area contributed by atoms with Gasteiger partial charge in [-0.25, -0.2) is 14.0 Å². The molecule has 10 amide bonds. The Morgan fingerprint density at radius 2 is 0.648 bits per heavy atom. The number of hydrogen-bond donors (Lipinski definition) is 19. The van der Waals surface area contributed by atoms with Crippen molar-refractivity contribution in [3.8, 4) is 50.8 Å². The van der Waals surface area contributed by atoms with E-state index in [0.717, 1.165) is 5.56 Å². The minimum absolute atomic E-state index is 0.00397. The van der Waals surface area contributed by atoms with Crippen LogP contribution in [-0.4, -0.2) is 190 Å². The molecule has 9 rings (SSSR count). The Balaban J connectivity index is 0.000000259. The van der Waals surface area contributed by atoms with Gasteiger partial charge in [0.2, 0.25) is 41.4 Å². The predicted molar refractivity (Wildman–Crippen MR) is 466 cm³/mol. The van der Waals surface area contributed by atoms with Gasteiger partial charge >= 0.3 is 17.9 Å². The second-order valence-electron chi connectivity index (χ2n) is 27.7. The van der Waals surface area contributed by atoms with Gasteiger partial charge < -0.3 is 104 Å². The molecule has 4 atom stereocenters. The maximum Gasteiger partial charge on any atom is 0.303 e. The number of aromatic nitrogens is 6. The summed E-state index contributed by atoms with van der Waals surface area (Å²) in [5.74, 6) is -10.2. The topological polar surface area (TPSA) is 678 Å². The highest BCUT2D eigenvalue weighted by molar-refractivity contribution is 6.11. The molecule has 658 valence electrons. The van der Waals surface area contributed by atoms with Crippen LogP contribution < -0.4 is 88.4 Å². The van der Waals surface area contributed by atoms with E-state index in [1.54, 1.807) is 126 Å². The molecule has 4 unspecified atom stereocenters. The van der Waals surface area contributed by atoms with E-state index < -0.39 is 108 Å². The van der Waals surface area contributed by atoms with Crippen molar-refractivity contribution in [1.29, 1.82) is 0 Å². The number of unbranched alkanes of at least 4 members (excludes halogenated alkanes) is 1. The van der Waals surface area contributed by atoms with Crippen LogP contribution in [0.25, 0.3) is 50.8 Å². The summed E-state index contributed by atoms with van der Waals surface area (Å²) in [6, 6.07) is 49.2. The third kappa shape index (κ3) is 30.6. The average molecular weight is 1720 g/mol. The van der Waals surface area contributed by atoms with Gasteiger partial charge in [-0.3, -0.25) is 77.3 Å². The van der Waals surface area contributed by atoms with E-state index in [-0.39, 0.29) is 123 Å². The number of aliphatic carboxylic acids is 3. The number of carboxylic acid groups (broad SMARTS) is 3. The molecule has 0 radical (unpaired) electrons. The first kappa shape index (κ1) is 96.0. The highest BCUT2D eigenvalue weighted by Gasteiger charge is 2.35. The summed E-state index contributed by atoms with van der Waals surface area (Å²) in [5.41, 5.74) is 47.8. The number of amides is 10. The first-order valence-electron chi connectivity index (χ1n) is 39.3. The van der Waals surface area contributed by atoms with Crippen molar-refractivity contribution in [1.82, 2.24) is 55.9 Å². The number of carboxylic acids is 3. The molecule has 0 saturated carbocycles. The van der Waals surface area contributed by atoms with Crippen molar-refractivity contribution < 1.29 is 77.6 Å². The van der Waals surface area contributed by atoms with Crippen LogP contribution in [0.15, 0.2) is 197 Å². The number of anilines is 3. The summed E-state index contributed by atoms with van der Waals surface area (Å²) in [4.78, 5) is 174. The quantitative estimate of drug-likeness (QED) is 0.0148. The highest BCUT2D eigenvalue weighted by atomic mass is 16.4. The van der Waals surface area contributed by atoms with Gasteiger partial charge in [0.25, 0.3) is 17.7 Å². The number of rotatable bonds is 43. The lowest BCUT2D eigenvalue weighted by atomic mass is 10.1. The van der Waals surface area contributed by atoms with E-state index in [1.165, 1.54) is 23.2 Å². The van der Waals surface area contributed by atoms with Crippen molar-refractivity contribution in [3.63, 3.8) is 0 Å². The number of hydrogen-bond acceptors (Lipinski definition) is 19. The number of carbonyl (C=O) groups is 13. The second-order valence-corrected chi connectivity index (χ2v) is 27.7. The normalized spacial score (nSPS) is 11.5. The smallest absolute Gasteiger partial charge is 0.303 e. The lowest BCUT2D eigenvalue weighted by molar-refractivity contribution is -0.138. The number of guanidine groups is 3. The maximum atomic E-state index is 13.7. The van der Waals surface area contributed by atoms with E-state index >= 15 is 0 Å². The number of para-hydroxylation sites is 3. The summed E-state index contributed by atoms with van der Waals surface area (Å²) in [6.07, 6.45) is 1.21. The summed E-state index contributed by atoms with van der Waals surface area (Å²) in [7, 11) is 0. The predicted octanol–water partition coefficient (Wildman–Crippen LogP) is 3.49. The molecule has 41 heteroatoms. The largest absolute Gasteiger partial charge is 0.481 e. The van der Waals surface area contributed by atoms with Gasteiger partial charge in [0, 0.05) is 82.4 Å². The van der Waals surface area contributed by atoms with E-state index in [9.17, 15) is 67.4 Å². The van der Waals surface area contributed by atoms with Crippen LogP contribution in [0.2, 0.25) is 0 Å². The Morgan fingerprint density at radius 3 is 0.984 bits per heavy atom. The molecule has 0 bridgehead atoms. The summed E-state index contributed by atoms with van der Waals surface area (Å²) in [5, 5.41) is 61.9. The first-order valence-corrected chi connectivity index (χ1v) is 39.3. The number of carbonyl (C=O) groups excluding carboxylic acids is 10. The lowest BCUT2D eigenvalue weighted by Crippen LogP contribution is -2.45. The number of benzene rings is 6. The zero-order chi connectivity index (χ0) is 91.1. The molecule has 0 aliphatic carbocycles. The van der Waals surface area contributed by atoms with Gasteiger partial charge in [0.1, 0.15) is 41.2 Å². The standard InChI is InChI=1S/2C29H35N9O6.C26H31N7O4/c1-17(39)34-21(13-8-16-33-29(31)32)27(43)36-23-24(28(44)35-20(26(30)42)14-15-22(40)41)37-38(19-11-6-3-7-12-19)25(23)18-9-4-2-5-10-18;1-17(39)34-21(14-15-22(40)41)27(43)36-23-24(28(44)35-20(26(30)42)13-8-16-33-29(31)32)37-38(19-11-6-3-7-12-19)25(23)18-9-4-2-5-10-18;27-26(28)30-16-8-7-14-20(34)31-22-23(25(37)29-17-9-15-21(35)36)32-33(19-12-5-2-6-13-19)24(22)18-10-3-1-4-11-18/h2*2-7,9-12,20-21H,8,13-16H2,1H3,(H2,30,42)(H,34,39)(H,35,44)(H,36,43)(H,40,41)(H4,31,32,33);1-6,10-13H,7-9,14-17H2,(H,29,37)(H,31,34)(H,35,36)(H4,27,28,30). The Hall–Kier alpha value is -16.1. The van der Waals surface area contributed by atoms with Crippen LogP contribution in [0.4, 0.5) is 17.1 Å². The molecule has 3 heterocycles. The van der Waals surface area contributed by atoms with Gasteiger partial charge in [-0.15, -0.1) is 0 Å². The molecular weight excluding hydrogens is 1620 g/mol. The lowest BCUT2D eigenvalue weighted by Gasteiger charge is -2.19. The van der Waals surface area contributed by atoms with Crippen molar-refractivity contribution >= 4 is 112 Å². The van der Waals surface area contributed by atoms with Gasteiger partial charge in [-0.05, 0) is 94.2 Å². The van der Waals surface area contributed by atoms with Crippen LogP contribution in [0, 0.1) is 0 Å². The fraction of sp³-hybridized carbons (Fsp3) is 0.274. The first-order chi connectivity index (χ1) is 59.8. The van der Waals surface area contributed by atoms with Crippen LogP contribution in [0.5, 0.6) is 0 Å².